The molecular formula is C11H14N2S2. The van der Waals surface area contributed by atoms with E-state index in [0.717, 1.165) is 16.2 Å². The second kappa shape index (κ2) is 3.80. The molecule has 4 heteroatoms. The summed E-state index contributed by atoms with van der Waals surface area (Å²) in [5.41, 5.74) is 6.65. The number of nitrogens with two attached hydrogens (primary N) is 1. The van der Waals surface area contributed by atoms with Gasteiger partial charge in [-0.25, -0.2) is 0 Å². The topological polar surface area (TPSA) is 49.8 Å². The Morgan fingerprint density at radius 1 is 1.53 bits per heavy atom. The first-order valence-electron chi connectivity index (χ1n) is 5.17. The molecule has 0 radical (unpaired) electrons. The lowest BCUT2D eigenvalue weighted by Crippen LogP contribution is -2.27. The highest BCUT2D eigenvalue weighted by Crippen LogP contribution is 2.51. The van der Waals surface area contributed by atoms with Gasteiger partial charge in [0.1, 0.15) is 0 Å². The Kier molecular flexibility index (Phi) is 2.78. The van der Waals surface area contributed by atoms with Crippen molar-refractivity contribution in [2.45, 2.75) is 20.3 Å². The summed E-state index contributed by atoms with van der Waals surface area (Å²) >= 11 is 6.79. The minimum absolute atomic E-state index is 0.277. The monoisotopic (exact) mass is 238 g/mol. The van der Waals surface area contributed by atoms with Crippen LogP contribution in [0.5, 0.6) is 0 Å². The smallest absolute Gasteiger partial charge is 0.0977 e. The number of allylic oxidation sites excluding steroid dienone is 1. The average molecular weight is 238 g/mol. The van der Waals surface area contributed by atoms with Gasteiger partial charge in [-0.3, -0.25) is 0 Å². The Labute approximate surface area is 99.9 Å². The lowest BCUT2D eigenvalue weighted by Gasteiger charge is -2.28. The van der Waals surface area contributed by atoms with Crippen molar-refractivity contribution in [3.8, 4) is 6.07 Å². The van der Waals surface area contributed by atoms with E-state index in [1.165, 1.54) is 11.8 Å². The molecule has 0 spiro atoms. The van der Waals surface area contributed by atoms with Crippen molar-refractivity contribution in [2.24, 2.45) is 29.4 Å². The van der Waals surface area contributed by atoms with Gasteiger partial charge in [-0.1, -0.05) is 37.8 Å². The van der Waals surface area contributed by atoms with Gasteiger partial charge in [0.05, 0.1) is 20.9 Å². The van der Waals surface area contributed by atoms with Gasteiger partial charge in [0.25, 0.3) is 0 Å². The summed E-state index contributed by atoms with van der Waals surface area (Å²) in [5, 5.41) is 9.78. The third kappa shape index (κ3) is 1.58. The summed E-state index contributed by atoms with van der Waals surface area (Å²) in [6, 6.07) is 2.27. The van der Waals surface area contributed by atoms with Crippen molar-refractivity contribution in [3.63, 3.8) is 0 Å². The van der Waals surface area contributed by atoms with Crippen LogP contribution >= 0.6 is 24.0 Å². The van der Waals surface area contributed by atoms with E-state index in [1.807, 2.05) is 0 Å². The molecule has 80 valence electrons. The number of thioether (sulfide) groups is 1. The standard InChI is InChI=1S/C11H14N2S2/c1-5-3-7-9(6(5)2)8(4-12)10(13)15-11(7)14/h5-7,9H,3,13H2,1-2H3. The van der Waals surface area contributed by atoms with Gasteiger partial charge in [-0.05, 0) is 18.3 Å². The predicted molar refractivity (Wildman–Crippen MR) is 66.9 cm³/mol. The first-order valence-corrected chi connectivity index (χ1v) is 6.40. The van der Waals surface area contributed by atoms with Crippen LogP contribution in [0.4, 0.5) is 0 Å². The molecule has 2 N–H and O–H groups in total. The fraction of sp³-hybridized carbons (Fsp3) is 0.636. The summed E-state index contributed by atoms with van der Waals surface area (Å²) in [7, 11) is 0. The Bertz CT molecular complexity index is 381. The molecule has 0 bridgehead atoms. The Morgan fingerprint density at radius 3 is 2.80 bits per heavy atom. The van der Waals surface area contributed by atoms with E-state index in [9.17, 15) is 0 Å². The van der Waals surface area contributed by atoms with Crippen molar-refractivity contribution in [2.75, 3.05) is 0 Å². The van der Waals surface area contributed by atoms with Crippen molar-refractivity contribution >= 4 is 28.2 Å². The summed E-state index contributed by atoms with van der Waals surface area (Å²) in [4.78, 5) is 0. The van der Waals surface area contributed by atoms with Gasteiger partial charge in [0.2, 0.25) is 0 Å². The van der Waals surface area contributed by atoms with Gasteiger partial charge >= 0.3 is 0 Å². The Balaban J connectivity index is 2.45. The molecule has 2 rings (SSSR count). The SMILES string of the molecule is CC1CC2C(=S)SC(N)=C(C#N)C2C1C. The predicted octanol–water partition coefficient (Wildman–Crippen LogP) is 2.66. The molecule has 1 saturated carbocycles. The van der Waals surface area contributed by atoms with Gasteiger partial charge in [0.15, 0.2) is 0 Å². The zero-order valence-corrected chi connectivity index (χ0v) is 10.5. The number of hydrogen-bond donors (Lipinski definition) is 1. The quantitative estimate of drug-likeness (QED) is 0.659. The van der Waals surface area contributed by atoms with Crippen LogP contribution in [0.15, 0.2) is 10.6 Å². The third-order valence-electron chi connectivity index (χ3n) is 3.76. The van der Waals surface area contributed by atoms with Crippen LogP contribution in [0.25, 0.3) is 0 Å². The summed E-state index contributed by atoms with van der Waals surface area (Å²) in [5.74, 6) is 1.81. The van der Waals surface area contributed by atoms with E-state index in [1.54, 1.807) is 0 Å². The molecule has 0 saturated heterocycles. The van der Waals surface area contributed by atoms with Crippen molar-refractivity contribution in [3.05, 3.63) is 10.6 Å². The van der Waals surface area contributed by atoms with E-state index < -0.39 is 0 Å². The lowest BCUT2D eigenvalue weighted by atomic mass is 9.83. The fourth-order valence-electron chi connectivity index (χ4n) is 2.72. The third-order valence-corrected chi connectivity index (χ3v) is 5.25. The molecule has 0 aromatic carbocycles. The van der Waals surface area contributed by atoms with Crippen LogP contribution in [0.1, 0.15) is 20.3 Å². The van der Waals surface area contributed by atoms with E-state index in [-0.39, 0.29) is 5.92 Å². The minimum atomic E-state index is 0.277. The van der Waals surface area contributed by atoms with Crippen LogP contribution in [0, 0.1) is 35.0 Å². The van der Waals surface area contributed by atoms with Gasteiger partial charge in [-0.2, -0.15) is 5.26 Å². The molecule has 1 fully saturated rings. The number of rotatable bonds is 0. The highest BCUT2D eigenvalue weighted by Gasteiger charge is 2.46. The van der Waals surface area contributed by atoms with E-state index in [4.69, 9.17) is 23.2 Å². The van der Waals surface area contributed by atoms with Gasteiger partial charge in [0, 0.05) is 11.8 Å². The van der Waals surface area contributed by atoms with E-state index >= 15 is 0 Å². The molecule has 2 aliphatic rings. The van der Waals surface area contributed by atoms with Crippen LogP contribution < -0.4 is 5.73 Å². The van der Waals surface area contributed by atoms with Crippen LogP contribution in [-0.2, 0) is 0 Å². The minimum Gasteiger partial charge on any atom is -0.392 e. The van der Waals surface area contributed by atoms with Crippen LogP contribution in [0.3, 0.4) is 0 Å². The molecule has 0 aromatic rings. The summed E-state index contributed by atoms with van der Waals surface area (Å²) in [6.45, 7) is 4.44. The van der Waals surface area contributed by atoms with Gasteiger partial charge in [-0.15, -0.1) is 0 Å². The van der Waals surface area contributed by atoms with Crippen LogP contribution in [0.2, 0.25) is 0 Å². The Morgan fingerprint density at radius 2 is 2.20 bits per heavy atom. The summed E-state index contributed by atoms with van der Waals surface area (Å²) in [6.07, 6.45) is 1.11. The Hall–Kier alpha value is -0.530. The number of fused-ring (bicyclic) bond motifs is 1. The molecule has 1 aliphatic heterocycles. The number of thiocarbonyl (C=S) groups is 1. The van der Waals surface area contributed by atoms with Crippen molar-refractivity contribution in [1.29, 1.82) is 5.26 Å². The van der Waals surface area contributed by atoms with Crippen LogP contribution in [-0.4, -0.2) is 4.20 Å². The normalized spacial score (nSPS) is 40.2. The molecule has 0 aromatic heterocycles. The zero-order chi connectivity index (χ0) is 11.2. The molecule has 2 nitrogen and oxygen atoms in total. The maximum Gasteiger partial charge on any atom is 0.0977 e. The van der Waals surface area contributed by atoms with E-state index in [0.29, 0.717) is 22.8 Å². The molecule has 1 aliphatic carbocycles. The first-order chi connectivity index (χ1) is 7.06. The largest absolute Gasteiger partial charge is 0.392 e. The second-order valence-electron chi connectivity index (χ2n) is 4.52. The van der Waals surface area contributed by atoms with Gasteiger partial charge < -0.3 is 5.73 Å². The fourth-order valence-corrected chi connectivity index (χ4v) is 4.14. The lowest BCUT2D eigenvalue weighted by molar-refractivity contribution is 0.391. The maximum absolute atomic E-state index is 9.15. The zero-order valence-electron chi connectivity index (χ0n) is 8.86. The summed E-state index contributed by atoms with van der Waals surface area (Å²) < 4.78 is 0.979. The average Bonchev–Trinajstić information content (AvgIpc) is 2.46. The number of hydrogen-bond acceptors (Lipinski definition) is 4. The number of nitriles is 1. The molecule has 4 atom stereocenters. The highest BCUT2D eigenvalue weighted by atomic mass is 32.2. The molecule has 0 amide bonds. The molecule has 1 heterocycles. The number of nitrogens with zero attached hydrogens (tertiary/aromatic N) is 1. The van der Waals surface area contributed by atoms with Crippen molar-refractivity contribution < 1.29 is 0 Å². The molecule has 4 unspecified atom stereocenters. The highest BCUT2D eigenvalue weighted by molar-refractivity contribution is 8.25. The first kappa shape index (κ1) is 11.0. The maximum atomic E-state index is 9.15. The van der Waals surface area contributed by atoms with E-state index in [2.05, 4.69) is 19.9 Å². The second-order valence-corrected chi connectivity index (χ2v) is 6.30. The molecule has 15 heavy (non-hydrogen) atoms. The van der Waals surface area contributed by atoms with Crippen molar-refractivity contribution in [1.82, 2.24) is 0 Å². The molecular weight excluding hydrogens is 224 g/mol.